The summed E-state index contributed by atoms with van der Waals surface area (Å²) in [5, 5.41) is 11.5. The molecule has 1 aliphatic heterocycles. The number of aromatic nitrogens is 1. The van der Waals surface area contributed by atoms with Crippen LogP contribution in [0.15, 0.2) is 27.9 Å². The van der Waals surface area contributed by atoms with Gasteiger partial charge in [-0.2, -0.15) is 0 Å². The van der Waals surface area contributed by atoms with Crippen LogP contribution < -0.4 is 0 Å². The molecule has 0 aromatic carbocycles. The first kappa shape index (κ1) is 22.2. The van der Waals surface area contributed by atoms with Crippen molar-refractivity contribution in [2.45, 2.75) is 47.1 Å². The van der Waals surface area contributed by atoms with Crippen molar-refractivity contribution < 1.29 is 19.1 Å². The first-order valence-corrected chi connectivity index (χ1v) is 11.1. The summed E-state index contributed by atoms with van der Waals surface area (Å²) in [4.78, 5) is 34.9. The molecule has 1 amide bonds. The van der Waals surface area contributed by atoms with Gasteiger partial charge in [0.2, 0.25) is 5.78 Å². The lowest BCUT2D eigenvalue weighted by Gasteiger charge is -2.26. The molecule has 8 heteroatoms. The van der Waals surface area contributed by atoms with Crippen LogP contribution >= 0.6 is 11.3 Å². The molecule has 0 saturated carbocycles. The monoisotopic (exact) mass is 431 g/mol. The lowest BCUT2D eigenvalue weighted by molar-refractivity contribution is -0.129. The second-order valence-corrected chi connectivity index (χ2v) is 8.67. The van der Waals surface area contributed by atoms with Crippen molar-refractivity contribution in [3.05, 3.63) is 50.6 Å². The zero-order valence-electron chi connectivity index (χ0n) is 18.2. The summed E-state index contributed by atoms with van der Waals surface area (Å²) in [5.41, 5.74) is 0.675. The van der Waals surface area contributed by atoms with Gasteiger partial charge in [-0.15, -0.1) is 11.3 Å². The highest BCUT2D eigenvalue weighted by molar-refractivity contribution is 7.14. The smallest absolute Gasteiger partial charge is 0.290 e. The number of nitrogens with zero attached hydrogens (tertiary/aromatic N) is 3. The second kappa shape index (κ2) is 9.14. The predicted molar refractivity (Wildman–Crippen MR) is 116 cm³/mol. The van der Waals surface area contributed by atoms with E-state index in [1.807, 2.05) is 13.8 Å². The zero-order valence-corrected chi connectivity index (χ0v) is 19.0. The Bertz CT molecular complexity index is 971. The number of furan rings is 1. The highest BCUT2D eigenvalue weighted by Gasteiger charge is 2.45. The SMILES string of the molecule is CCN(CC)CCCN1C(=O)C(O)=C(C(=O)c2sc(C)nc2C)C1c1ccc(C)o1. The first-order valence-electron chi connectivity index (χ1n) is 10.3. The van der Waals surface area contributed by atoms with E-state index in [0.29, 0.717) is 28.6 Å². The highest BCUT2D eigenvalue weighted by atomic mass is 32.1. The van der Waals surface area contributed by atoms with E-state index in [-0.39, 0.29) is 11.4 Å². The Morgan fingerprint density at radius 2 is 1.97 bits per heavy atom. The summed E-state index contributed by atoms with van der Waals surface area (Å²) < 4.78 is 5.80. The van der Waals surface area contributed by atoms with E-state index >= 15 is 0 Å². The van der Waals surface area contributed by atoms with Crippen LogP contribution in [0.1, 0.15) is 58.2 Å². The van der Waals surface area contributed by atoms with E-state index in [2.05, 4.69) is 23.7 Å². The van der Waals surface area contributed by atoms with Gasteiger partial charge in [-0.05, 0) is 59.0 Å². The third kappa shape index (κ3) is 4.20. The van der Waals surface area contributed by atoms with Crippen LogP contribution in [0.5, 0.6) is 0 Å². The molecule has 7 nitrogen and oxygen atoms in total. The molecule has 0 fully saturated rings. The molecule has 1 unspecified atom stereocenters. The molecular weight excluding hydrogens is 402 g/mol. The number of hydrogen-bond donors (Lipinski definition) is 1. The second-order valence-electron chi connectivity index (χ2n) is 7.47. The fourth-order valence-corrected chi connectivity index (χ4v) is 4.76. The van der Waals surface area contributed by atoms with Crippen LogP contribution in [0.3, 0.4) is 0 Å². The molecule has 3 heterocycles. The van der Waals surface area contributed by atoms with Gasteiger partial charge in [-0.3, -0.25) is 9.59 Å². The maximum Gasteiger partial charge on any atom is 0.290 e. The Hall–Kier alpha value is -2.45. The normalized spacial score (nSPS) is 16.9. The van der Waals surface area contributed by atoms with Crippen molar-refractivity contribution in [1.29, 1.82) is 0 Å². The van der Waals surface area contributed by atoms with Crippen LogP contribution in [-0.4, -0.2) is 57.8 Å². The van der Waals surface area contributed by atoms with Crippen LogP contribution in [0.4, 0.5) is 0 Å². The Labute approximate surface area is 181 Å². The Balaban J connectivity index is 1.95. The van der Waals surface area contributed by atoms with E-state index in [4.69, 9.17) is 4.42 Å². The van der Waals surface area contributed by atoms with Gasteiger partial charge in [0.05, 0.1) is 21.2 Å². The largest absolute Gasteiger partial charge is 0.503 e. The molecule has 0 saturated heterocycles. The standard InChI is InChI=1S/C22H29N3O4S/c1-6-24(7-2)11-8-12-25-18(16-10-9-13(3)29-16)17(20(27)22(25)28)19(26)21-14(4)23-15(5)30-21/h9-10,18,27H,6-8,11-12H2,1-5H3. The molecule has 1 aliphatic rings. The number of carbonyl (C=O) groups is 2. The third-order valence-electron chi connectivity index (χ3n) is 5.46. The summed E-state index contributed by atoms with van der Waals surface area (Å²) in [6.45, 7) is 12.7. The summed E-state index contributed by atoms with van der Waals surface area (Å²) in [5.74, 6) is -0.226. The van der Waals surface area contributed by atoms with Gasteiger partial charge in [0.25, 0.3) is 5.91 Å². The van der Waals surface area contributed by atoms with Crippen LogP contribution in [0, 0.1) is 20.8 Å². The van der Waals surface area contributed by atoms with Crippen LogP contribution in [-0.2, 0) is 4.79 Å². The van der Waals surface area contributed by atoms with Crippen LogP contribution in [0.25, 0.3) is 0 Å². The van der Waals surface area contributed by atoms with E-state index in [1.54, 1.807) is 24.0 Å². The van der Waals surface area contributed by atoms with Crippen molar-refractivity contribution in [2.75, 3.05) is 26.2 Å². The quantitative estimate of drug-likeness (QED) is 0.605. The zero-order chi connectivity index (χ0) is 22.0. The number of Topliss-reactive ketones (excluding diaryl/α,β-unsaturated/α-hetero) is 1. The summed E-state index contributed by atoms with van der Waals surface area (Å²) in [6.07, 6.45) is 0.733. The van der Waals surface area contributed by atoms with Gasteiger partial charge in [-0.25, -0.2) is 4.98 Å². The van der Waals surface area contributed by atoms with Gasteiger partial charge in [-0.1, -0.05) is 13.8 Å². The number of aliphatic hydroxyl groups excluding tert-OH is 1. The summed E-state index contributed by atoms with van der Waals surface area (Å²) in [7, 11) is 0. The molecule has 3 rings (SSSR count). The number of aryl methyl sites for hydroxylation is 3. The molecule has 0 aliphatic carbocycles. The Morgan fingerprint density at radius 1 is 1.27 bits per heavy atom. The maximum absolute atomic E-state index is 13.4. The molecule has 1 atom stereocenters. The molecule has 0 spiro atoms. The predicted octanol–water partition coefficient (Wildman–Crippen LogP) is 3.97. The van der Waals surface area contributed by atoms with E-state index in [1.165, 1.54) is 11.3 Å². The lowest BCUT2D eigenvalue weighted by Crippen LogP contribution is -2.34. The average molecular weight is 432 g/mol. The van der Waals surface area contributed by atoms with E-state index < -0.39 is 17.7 Å². The van der Waals surface area contributed by atoms with Gasteiger partial charge >= 0.3 is 0 Å². The third-order valence-corrected chi connectivity index (χ3v) is 6.53. The molecule has 2 aromatic heterocycles. The van der Waals surface area contributed by atoms with Crippen molar-refractivity contribution in [1.82, 2.24) is 14.8 Å². The van der Waals surface area contributed by atoms with Crippen molar-refractivity contribution in [3.63, 3.8) is 0 Å². The van der Waals surface area contributed by atoms with E-state index in [0.717, 1.165) is 31.1 Å². The molecular formula is C22H29N3O4S. The molecule has 1 N–H and O–H groups in total. The minimum atomic E-state index is -0.739. The molecule has 0 radical (unpaired) electrons. The topological polar surface area (TPSA) is 86.9 Å². The molecule has 2 aromatic rings. The Morgan fingerprint density at radius 3 is 2.50 bits per heavy atom. The number of carbonyl (C=O) groups excluding carboxylic acids is 2. The fraction of sp³-hybridized carbons (Fsp3) is 0.500. The van der Waals surface area contributed by atoms with E-state index in [9.17, 15) is 14.7 Å². The van der Waals surface area contributed by atoms with Crippen LogP contribution in [0.2, 0.25) is 0 Å². The van der Waals surface area contributed by atoms with Crippen molar-refractivity contribution >= 4 is 23.0 Å². The van der Waals surface area contributed by atoms with Crippen molar-refractivity contribution in [3.8, 4) is 0 Å². The summed E-state index contributed by atoms with van der Waals surface area (Å²) >= 11 is 1.27. The fourth-order valence-electron chi connectivity index (χ4n) is 3.88. The minimum Gasteiger partial charge on any atom is -0.503 e. The number of hydrogen-bond acceptors (Lipinski definition) is 7. The average Bonchev–Trinajstić information content (AvgIpc) is 3.36. The number of rotatable bonds is 9. The molecule has 30 heavy (non-hydrogen) atoms. The lowest BCUT2D eigenvalue weighted by atomic mass is 9.99. The van der Waals surface area contributed by atoms with Gasteiger partial charge in [0, 0.05) is 6.54 Å². The number of aliphatic hydroxyl groups is 1. The van der Waals surface area contributed by atoms with Crippen molar-refractivity contribution in [2.24, 2.45) is 0 Å². The van der Waals surface area contributed by atoms with Gasteiger partial charge < -0.3 is 19.3 Å². The highest BCUT2D eigenvalue weighted by Crippen LogP contribution is 2.40. The minimum absolute atomic E-state index is 0.0731. The molecule has 162 valence electrons. The maximum atomic E-state index is 13.4. The number of thiazole rings is 1. The number of ketones is 1. The Kier molecular flexibility index (Phi) is 6.77. The first-order chi connectivity index (χ1) is 14.3. The summed E-state index contributed by atoms with van der Waals surface area (Å²) in [6, 6.07) is 2.83. The van der Waals surface area contributed by atoms with Gasteiger partial charge in [0.15, 0.2) is 5.76 Å². The number of amides is 1. The van der Waals surface area contributed by atoms with Gasteiger partial charge in [0.1, 0.15) is 17.6 Å². The molecule has 0 bridgehead atoms.